The van der Waals surface area contributed by atoms with Crippen molar-refractivity contribution in [2.45, 2.75) is 57.4 Å². The van der Waals surface area contributed by atoms with E-state index in [4.69, 9.17) is 4.74 Å². The topological polar surface area (TPSA) is 49.8 Å². The van der Waals surface area contributed by atoms with E-state index in [1.54, 1.807) is 7.11 Å². The minimum atomic E-state index is -0.279. The van der Waals surface area contributed by atoms with Gasteiger partial charge in [-0.2, -0.15) is 0 Å². The molecule has 3 aliphatic carbocycles. The number of methoxy groups -OCH3 is 1. The molecule has 0 radical (unpaired) electrons. The Kier molecular flexibility index (Phi) is 3.44. The average molecular weight is 367 g/mol. The minimum Gasteiger partial charge on any atom is -0.504 e. The van der Waals surface area contributed by atoms with Crippen LogP contribution in [-0.4, -0.2) is 42.5 Å². The van der Waals surface area contributed by atoms with E-state index in [1.165, 1.54) is 16.7 Å². The first-order chi connectivity index (χ1) is 12.9. The van der Waals surface area contributed by atoms with Crippen molar-refractivity contribution in [2.75, 3.05) is 20.7 Å². The van der Waals surface area contributed by atoms with Crippen LogP contribution in [0.5, 0.6) is 11.5 Å². The third-order valence-electron chi connectivity index (χ3n) is 8.35. The number of phenols is 1. The van der Waals surface area contributed by atoms with Crippen molar-refractivity contribution in [2.24, 2.45) is 11.3 Å². The molecule has 5 rings (SSSR count). The number of likely N-dealkylation sites (N-methyl/N-ethyl adjacent to an activating group) is 1. The molecule has 1 saturated heterocycles. The predicted molar refractivity (Wildman–Crippen MR) is 104 cm³/mol. The maximum absolute atomic E-state index is 13.3. The number of likely N-dealkylation sites (tertiary alicyclic amines) is 1. The maximum atomic E-state index is 13.3. The first-order valence-corrected chi connectivity index (χ1v) is 10.2. The summed E-state index contributed by atoms with van der Waals surface area (Å²) in [5, 5.41) is 11.3. The van der Waals surface area contributed by atoms with Gasteiger partial charge < -0.3 is 14.7 Å². The molecule has 3 fully saturated rings. The Morgan fingerprint density at radius 1 is 1.30 bits per heavy atom. The van der Waals surface area contributed by atoms with Crippen molar-refractivity contribution in [1.29, 1.82) is 0 Å². The Balaban J connectivity index is 1.89. The molecule has 1 N–H and O–H groups in total. The van der Waals surface area contributed by atoms with Crippen LogP contribution < -0.4 is 4.74 Å². The fourth-order valence-electron chi connectivity index (χ4n) is 7.35. The number of ether oxygens (including phenoxy) is 1. The van der Waals surface area contributed by atoms with E-state index in [0.717, 1.165) is 37.8 Å². The van der Waals surface area contributed by atoms with Gasteiger partial charge in [-0.1, -0.05) is 17.2 Å². The lowest BCUT2D eigenvalue weighted by molar-refractivity contribution is -0.138. The molecule has 1 aromatic carbocycles. The van der Waals surface area contributed by atoms with E-state index in [2.05, 4.69) is 31.9 Å². The van der Waals surface area contributed by atoms with Crippen LogP contribution in [0.3, 0.4) is 0 Å². The molecule has 0 amide bonds. The average Bonchev–Trinajstić information content (AvgIpc) is 2.87. The molecule has 4 heteroatoms. The summed E-state index contributed by atoms with van der Waals surface area (Å²) in [7, 11) is 3.85. The number of piperidine rings is 1. The first-order valence-electron chi connectivity index (χ1n) is 10.2. The molecule has 27 heavy (non-hydrogen) atoms. The number of fused-ring (bicyclic) bond motifs is 1. The number of Topliss-reactive ketones (excluding diaryl/α,β-unsaturated/α-hetero) is 1. The lowest BCUT2D eigenvalue weighted by atomic mass is 9.44. The van der Waals surface area contributed by atoms with Crippen LogP contribution in [0.4, 0.5) is 0 Å². The van der Waals surface area contributed by atoms with Crippen LogP contribution in [0.1, 0.15) is 50.7 Å². The fraction of sp³-hybridized carbons (Fsp3) is 0.609. The summed E-state index contributed by atoms with van der Waals surface area (Å²) in [6.45, 7) is 5.29. The molecule has 1 heterocycles. The summed E-state index contributed by atoms with van der Waals surface area (Å²) in [6, 6.07) is 4.43. The molecule has 1 aliphatic heterocycles. The minimum absolute atomic E-state index is 0.0437. The van der Waals surface area contributed by atoms with Crippen molar-refractivity contribution in [1.82, 2.24) is 4.90 Å². The highest BCUT2D eigenvalue weighted by atomic mass is 16.5. The highest BCUT2D eigenvalue weighted by Crippen LogP contribution is 2.74. The number of hydrogen-bond donors (Lipinski definition) is 1. The number of rotatable bonds is 1. The Morgan fingerprint density at radius 2 is 2.07 bits per heavy atom. The van der Waals surface area contributed by atoms with Gasteiger partial charge in [-0.25, -0.2) is 0 Å². The largest absolute Gasteiger partial charge is 0.504 e. The van der Waals surface area contributed by atoms with Gasteiger partial charge in [0.2, 0.25) is 0 Å². The van der Waals surface area contributed by atoms with Crippen LogP contribution in [0.2, 0.25) is 0 Å². The van der Waals surface area contributed by atoms with E-state index >= 15 is 0 Å². The molecular formula is C23H29NO3. The number of phenolic OH excluding ortho intramolecular Hbond substituents is 1. The van der Waals surface area contributed by atoms with Gasteiger partial charge in [0.05, 0.1) is 7.11 Å². The molecule has 4 bridgehead atoms. The normalized spacial score (nSPS) is 37.0. The molecule has 1 aromatic rings. The van der Waals surface area contributed by atoms with Crippen LogP contribution in [-0.2, 0) is 16.6 Å². The zero-order valence-electron chi connectivity index (χ0n) is 16.8. The second kappa shape index (κ2) is 5.38. The summed E-state index contributed by atoms with van der Waals surface area (Å²) >= 11 is 0. The lowest BCUT2D eigenvalue weighted by Crippen LogP contribution is -2.67. The van der Waals surface area contributed by atoms with Crippen molar-refractivity contribution in [3.05, 3.63) is 34.4 Å². The smallest absolute Gasteiger partial charge is 0.161 e. The van der Waals surface area contributed by atoms with E-state index in [1.807, 2.05) is 6.07 Å². The summed E-state index contributed by atoms with van der Waals surface area (Å²) in [4.78, 5) is 15.8. The molecule has 0 unspecified atom stereocenters. The molecule has 0 aromatic heterocycles. The van der Waals surface area contributed by atoms with Gasteiger partial charge in [-0.05, 0) is 64.8 Å². The van der Waals surface area contributed by atoms with E-state index in [-0.39, 0.29) is 22.5 Å². The van der Waals surface area contributed by atoms with E-state index in [9.17, 15) is 9.90 Å². The first kappa shape index (κ1) is 17.3. The van der Waals surface area contributed by atoms with E-state index < -0.39 is 0 Å². The summed E-state index contributed by atoms with van der Waals surface area (Å²) in [6.07, 6.45) is 4.48. The molecular weight excluding hydrogens is 338 g/mol. The maximum Gasteiger partial charge on any atom is 0.161 e. The predicted octanol–water partition coefficient (Wildman–Crippen LogP) is 3.60. The third kappa shape index (κ3) is 1.81. The van der Waals surface area contributed by atoms with Crippen LogP contribution in [0.25, 0.3) is 0 Å². The molecule has 0 spiro atoms. The number of benzene rings is 1. The van der Waals surface area contributed by atoms with Gasteiger partial charge in [0.25, 0.3) is 0 Å². The summed E-state index contributed by atoms with van der Waals surface area (Å²) in [5.74, 6) is 1.10. The van der Waals surface area contributed by atoms with Gasteiger partial charge >= 0.3 is 0 Å². The van der Waals surface area contributed by atoms with Gasteiger partial charge in [-0.15, -0.1) is 0 Å². The number of nitrogens with zero attached hydrogens (tertiary/aromatic N) is 1. The summed E-state index contributed by atoms with van der Waals surface area (Å²) < 4.78 is 5.48. The van der Waals surface area contributed by atoms with Crippen LogP contribution in [0, 0.1) is 11.3 Å². The van der Waals surface area contributed by atoms with Crippen molar-refractivity contribution < 1.29 is 14.6 Å². The molecule has 4 atom stereocenters. The van der Waals surface area contributed by atoms with Gasteiger partial charge in [0.1, 0.15) is 5.78 Å². The Bertz CT molecular complexity index is 884. The molecule has 4 nitrogen and oxygen atoms in total. The number of carbonyl (C=O) groups excluding carboxylic acids is 1. The number of hydrogen-bond acceptors (Lipinski definition) is 4. The van der Waals surface area contributed by atoms with Gasteiger partial charge in [0.15, 0.2) is 11.5 Å². The fourth-order valence-corrected chi connectivity index (χ4v) is 7.35. The van der Waals surface area contributed by atoms with Crippen LogP contribution in [0.15, 0.2) is 23.3 Å². The SMILES string of the molecule is COc1ccc2c(c1O)[C@]13CCN(C)[C@H](C2)[C@]12CCC(=O)[C@H]3C(=C(C)C)C2. The number of allylic oxidation sites excluding steroid dienone is 2. The zero-order valence-corrected chi connectivity index (χ0v) is 16.8. The van der Waals surface area contributed by atoms with Gasteiger partial charge in [0, 0.05) is 34.8 Å². The van der Waals surface area contributed by atoms with Crippen LogP contribution >= 0.6 is 0 Å². The quantitative estimate of drug-likeness (QED) is 0.771. The number of carbonyl (C=O) groups is 1. The molecule has 144 valence electrons. The van der Waals surface area contributed by atoms with Gasteiger partial charge in [-0.3, -0.25) is 4.79 Å². The monoisotopic (exact) mass is 367 g/mol. The highest BCUT2D eigenvalue weighted by Gasteiger charge is 2.73. The summed E-state index contributed by atoms with van der Waals surface area (Å²) in [5.41, 5.74) is 4.62. The second-order valence-corrected chi connectivity index (χ2v) is 9.33. The third-order valence-corrected chi connectivity index (χ3v) is 8.35. The number of aromatic hydroxyl groups is 1. The lowest BCUT2D eigenvalue weighted by Gasteiger charge is -2.64. The van der Waals surface area contributed by atoms with Crippen molar-refractivity contribution in [3.63, 3.8) is 0 Å². The Labute approximate surface area is 161 Å². The van der Waals surface area contributed by atoms with E-state index in [0.29, 0.717) is 24.0 Å². The Hall–Kier alpha value is -1.81. The molecule has 4 aliphatic rings. The zero-order chi connectivity index (χ0) is 19.1. The standard InChI is InChI=1S/C23H29NO3/c1-13(2)15-12-22-8-7-16(25)20(15)23(22)9-10-24(3)18(22)11-14-5-6-17(27-4)21(26)19(14)23/h5-6,18,20,26H,7-12H2,1-4H3/t18-,20-,22-,23+/m1/s1. The van der Waals surface area contributed by atoms with Crippen molar-refractivity contribution >= 4 is 5.78 Å². The number of ketones is 1. The molecule has 2 saturated carbocycles. The Morgan fingerprint density at radius 3 is 2.78 bits per heavy atom. The highest BCUT2D eigenvalue weighted by molar-refractivity contribution is 5.90. The van der Waals surface area contributed by atoms with Crippen molar-refractivity contribution in [3.8, 4) is 11.5 Å². The second-order valence-electron chi connectivity index (χ2n) is 9.33.